The Kier molecular flexibility index (Phi) is 7.16. The van der Waals surface area contributed by atoms with Crippen LogP contribution < -0.4 is 0 Å². The molecular formula is C9H17Cl. The molecule has 0 aliphatic carbocycles. The summed E-state index contributed by atoms with van der Waals surface area (Å²) in [7, 11) is 0. The summed E-state index contributed by atoms with van der Waals surface area (Å²) in [6, 6.07) is 0. The molecule has 10 heavy (non-hydrogen) atoms. The average Bonchev–Trinajstić information content (AvgIpc) is 1.99. The Hall–Kier alpha value is 0.0300. The lowest BCUT2D eigenvalue weighted by molar-refractivity contribution is 0.504. The summed E-state index contributed by atoms with van der Waals surface area (Å²) >= 11 is 5.72. The predicted molar refractivity (Wildman–Crippen MR) is 48.5 cm³/mol. The zero-order valence-electron chi connectivity index (χ0n) is 6.78. The molecule has 0 aromatic rings. The van der Waals surface area contributed by atoms with Gasteiger partial charge in [0.05, 0.1) is 0 Å². The molecule has 0 spiro atoms. The Morgan fingerprint density at radius 3 is 2.70 bits per heavy atom. The van der Waals surface area contributed by atoms with Gasteiger partial charge in [-0.1, -0.05) is 19.4 Å². The molecule has 0 saturated carbocycles. The van der Waals surface area contributed by atoms with E-state index in [1.54, 1.807) is 0 Å². The molecule has 60 valence electrons. The highest BCUT2D eigenvalue weighted by Gasteiger charge is 2.01. The number of hydrogen-bond donors (Lipinski definition) is 0. The Morgan fingerprint density at radius 1 is 1.60 bits per heavy atom. The Labute approximate surface area is 69.3 Å². The number of unbranched alkanes of at least 4 members (excludes halogenated alkanes) is 1. The van der Waals surface area contributed by atoms with Crippen molar-refractivity contribution >= 4 is 11.6 Å². The summed E-state index contributed by atoms with van der Waals surface area (Å²) < 4.78 is 0. The van der Waals surface area contributed by atoms with Crippen molar-refractivity contribution in [1.82, 2.24) is 0 Å². The molecule has 0 rings (SSSR count). The number of alkyl halides is 1. The third-order valence-electron chi connectivity index (χ3n) is 1.82. The van der Waals surface area contributed by atoms with Gasteiger partial charge in [-0.3, -0.25) is 0 Å². The first-order valence-electron chi connectivity index (χ1n) is 4.02. The second kappa shape index (κ2) is 7.14. The van der Waals surface area contributed by atoms with Crippen LogP contribution in [0.4, 0.5) is 0 Å². The van der Waals surface area contributed by atoms with Crippen LogP contribution in [0.5, 0.6) is 0 Å². The molecule has 0 aromatic heterocycles. The van der Waals surface area contributed by atoms with Gasteiger partial charge in [0.2, 0.25) is 0 Å². The van der Waals surface area contributed by atoms with Gasteiger partial charge in [-0.25, -0.2) is 0 Å². The molecule has 1 atom stereocenters. The molecule has 0 N–H and O–H groups in total. The maximum absolute atomic E-state index is 5.72. The fourth-order valence-electron chi connectivity index (χ4n) is 0.941. The monoisotopic (exact) mass is 160 g/mol. The van der Waals surface area contributed by atoms with Crippen molar-refractivity contribution in [3.63, 3.8) is 0 Å². The van der Waals surface area contributed by atoms with E-state index in [9.17, 15) is 0 Å². The minimum Gasteiger partial charge on any atom is -0.126 e. The van der Waals surface area contributed by atoms with Crippen molar-refractivity contribution in [1.29, 1.82) is 0 Å². The third kappa shape index (κ3) is 4.87. The van der Waals surface area contributed by atoms with Gasteiger partial charge >= 0.3 is 0 Å². The maximum Gasteiger partial charge on any atom is 0.0251 e. The van der Waals surface area contributed by atoms with Crippen molar-refractivity contribution in [2.45, 2.75) is 32.6 Å². The fourth-order valence-corrected chi connectivity index (χ4v) is 1.31. The van der Waals surface area contributed by atoms with Gasteiger partial charge in [-0.2, -0.15) is 0 Å². The van der Waals surface area contributed by atoms with Crippen molar-refractivity contribution < 1.29 is 0 Å². The summed E-state index contributed by atoms with van der Waals surface area (Å²) in [6.07, 6.45) is 6.82. The number of rotatable bonds is 6. The number of hydrogen-bond acceptors (Lipinski definition) is 0. The highest BCUT2D eigenvalue weighted by Crippen LogP contribution is 2.13. The van der Waals surface area contributed by atoms with Crippen LogP contribution in [0.25, 0.3) is 0 Å². The van der Waals surface area contributed by atoms with E-state index in [2.05, 4.69) is 13.5 Å². The largest absolute Gasteiger partial charge is 0.126 e. The van der Waals surface area contributed by atoms with Crippen LogP contribution in [-0.2, 0) is 0 Å². The van der Waals surface area contributed by atoms with Crippen LogP contribution in [0.1, 0.15) is 32.6 Å². The Morgan fingerprint density at radius 2 is 2.30 bits per heavy atom. The quantitative estimate of drug-likeness (QED) is 0.317. The molecule has 0 bridgehead atoms. The molecule has 0 aliphatic rings. The van der Waals surface area contributed by atoms with E-state index in [4.69, 9.17) is 11.6 Å². The summed E-state index contributed by atoms with van der Waals surface area (Å²) in [5, 5.41) is 0. The normalized spacial score (nSPS) is 13.0. The van der Waals surface area contributed by atoms with E-state index >= 15 is 0 Å². The van der Waals surface area contributed by atoms with Crippen molar-refractivity contribution in [2.24, 2.45) is 5.92 Å². The first-order valence-corrected chi connectivity index (χ1v) is 4.55. The van der Waals surface area contributed by atoms with Gasteiger partial charge in [0.1, 0.15) is 0 Å². The summed E-state index contributed by atoms with van der Waals surface area (Å²) in [6.45, 7) is 5.87. The van der Waals surface area contributed by atoms with Gasteiger partial charge < -0.3 is 0 Å². The fraction of sp³-hybridized carbons (Fsp3) is 0.778. The van der Waals surface area contributed by atoms with Crippen LogP contribution in [0, 0.1) is 5.92 Å². The highest BCUT2D eigenvalue weighted by atomic mass is 35.5. The third-order valence-corrected chi connectivity index (χ3v) is 2.25. The van der Waals surface area contributed by atoms with Crippen molar-refractivity contribution in [3.05, 3.63) is 12.7 Å². The Balaban J connectivity index is 3.16. The molecule has 0 radical (unpaired) electrons. The summed E-state index contributed by atoms with van der Waals surface area (Å²) in [5.74, 6) is 1.54. The molecule has 0 nitrogen and oxygen atoms in total. The van der Waals surface area contributed by atoms with E-state index < -0.39 is 0 Å². The van der Waals surface area contributed by atoms with E-state index in [0.717, 1.165) is 18.2 Å². The molecule has 1 heteroatoms. The van der Waals surface area contributed by atoms with Crippen molar-refractivity contribution in [2.75, 3.05) is 5.88 Å². The van der Waals surface area contributed by atoms with Gasteiger partial charge in [-0.05, 0) is 25.2 Å². The molecule has 0 aliphatic heterocycles. The number of allylic oxidation sites excluding steroid dienone is 1. The SMILES string of the molecule is C=CCCCC(CC)CCl. The minimum atomic E-state index is 0.724. The lowest BCUT2D eigenvalue weighted by Crippen LogP contribution is -1.99. The molecule has 0 fully saturated rings. The molecular weight excluding hydrogens is 144 g/mol. The van der Waals surface area contributed by atoms with Crippen LogP contribution in [-0.4, -0.2) is 5.88 Å². The first-order chi connectivity index (χ1) is 4.85. The lowest BCUT2D eigenvalue weighted by Gasteiger charge is -2.08. The summed E-state index contributed by atoms with van der Waals surface area (Å²) in [4.78, 5) is 0. The predicted octanol–water partition coefficient (Wildman–Crippen LogP) is 3.61. The van der Waals surface area contributed by atoms with Gasteiger partial charge in [0.15, 0.2) is 0 Å². The van der Waals surface area contributed by atoms with Crippen molar-refractivity contribution in [3.8, 4) is 0 Å². The standard InChI is InChI=1S/C9H17Cl/c1-3-5-6-7-9(4-2)8-10/h3,9H,1,4-8H2,2H3. The lowest BCUT2D eigenvalue weighted by atomic mass is 10.0. The van der Waals surface area contributed by atoms with Crippen LogP contribution in [0.3, 0.4) is 0 Å². The van der Waals surface area contributed by atoms with Gasteiger partial charge in [-0.15, -0.1) is 18.2 Å². The maximum atomic E-state index is 5.72. The first kappa shape index (κ1) is 10.0. The van der Waals surface area contributed by atoms with Crippen LogP contribution in [0.15, 0.2) is 12.7 Å². The zero-order valence-corrected chi connectivity index (χ0v) is 7.53. The number of halogens is 1. The van der Waals surface area contributed by atoms with Gasteiger partial charge in [0.25, 0.3) is 0 Å². The molecule has 0 amide bonds. The molecule has 0 aromatic carbocycles. The van der Waals surface area contributed by atoms with Crippen LogP contribution in [0.2, 0.25) is 0 Å². The summed E-state index contributed by atoms with van der Waals surface area (Å²) in [5.41, 5.74) is 0. The second-order valence-electron chi connectivity index (χ2n) is 2.65. The van der Waals surface area contributed by atoms with E-state index in [1.165, 1.54) is 19.3 Å². The van der Waals surface area contributed by atoms with E-state index in [0.29, 0.717) is 0 Å². The second-order valence-corrected chi connectivity index (χ2v) is 2.96. The Bertz CT molecular complexity index is 74.8. The average molecular weight is 161 g/mol. The van der Waals surface area contributed by atoms with E-state index in [1.807, 2.05) is 6.08 Å². The zero-order chi connectivity index (χ0) is 7.82. The smallest absolute Gasteiger partial charge is 0.0251 e. The molecule has 0 saturated heterocycles. The topological polar surface area (TPSA) is 0 Å². The van der Waals surface area contributed by atoms with Crippen LogP contribution >= 0.6 is 11.6 Å². The highest BCUT2D eigenvalue weighted by molar-refractivity contribution is 6.18. The minimum absolute atomic E-state index is 0.724. The van der Waals surface area contributed by atoms with Gasteiger partial charge in [0, 0.05) is 5.88 Å². The van der Waals surface area contributed by atoms with E-state index in [-0.39, 0.29) is 0 Å². The molecule has 1 unspecified atom stereocenters. The molecule has 0 heterocycles.